The summed E-state index contributed by atoms with van der Waals surface area (Å²) in [5.41, 5.74) is -0.587. The number of carbonyl (C=O) groups is 1. The molecule has 124 valence electrons. The molecular weight excluding hydrogens is 264 g/mol. The SMILES string of the molecule is CCCNC(C)(CC(C)N(CC)C1CCCC1)C(=O)OC. The van der Waals surface area contributed by atoms with Crippen LogP contribution in [0.4, 0.5) is 0 Å². The molecule has 1 saturated carbocycles. The third-order valence-electron chi connectivity index (χ3n) is 4.83. The molecule has 1 fully saturated rings. The molecule has 0 aromatic carbocycles. The minimum absolute atomic E-state index is 0.148. The molecule has 0 radical (unpaired) electrons. The number of hydrogen-bond acceptors (Lipinski definition) is 4. The van der Waals surface area contributed by atoms with Gasteiger partial charge in [-0.15, -0.1) is 0 Å². The normalized spacial score (nSPS) is 20.5. The molecule has 0 heterocycles. The van der Waals surface area contributed by atoms with Crippen LogP contribution in [-0.4, -0.2) is 48.7 Å². The topological polar surface area (TPSA) is 41.6 Å². The number of nitrogens with one attached hydrogen (secondary N) is 1. The van der Waals surface area contributed by atoms with E-state index in [1.807, 2.05) is 6.92 Å². The number of rotatable bonds is 9. The molecule has 21 heavy (non-hydrogen) atoms. The van der Waals surface area contributed by atoms with E-state index in [4.69, 9.17) is 4.74 Å². The van der Waals surface area contributed by atoms with Gasteiger partial charge in [-0.2, -0.15) is 0 Å². The highest BCUT2D eigenvalue weighted by molar-refractivity contribution is 5.80. The quantitative estimate of drug-likeness (QED) is 0.665. The van der Waals surface area contributed by atoms with Crippen molar-refractivity contribution in [2.75, 3.05) is 20.2 Å². The van der Waals surface area contributed by atoms with Gasteiger partial charge in [0.25, 0.3) is 0 Å². The molecule has 1 aliphatic rings. The zero-order chi connectivity index (χ0) is 15.9. The first-order chi connectivity index (χ1) is 9.98. The highest BCUT2D eigenvalue weighted by Crippen LogP contribution is 2.27. The van der Waals surface area contributed by atoms with Gasteiger partial charge in [0.1, 0.15) is 5.54 Å². The van der Waals surface area contributed by atoms with E-state index in [9.17, 15) is 4.79 Å². The smallest absolute Gasteiger partial charge is 0.325 e. The van der Waals surface area contributed by atoms with Gasteiger partial charge < -0.3 is 10.1 Å². The van der Waals surface area contributed by atoms with Crippen LogP contribution in [0, 0.1) is 0 Å². The monoisotopic (exact) mass is 298 g/mol. The number of ether oxygens (including phenoxy) is 1. The van der Waals surface area contributed by atoms with Crippen LogP contribution in [0.5, 0.6) is 0 Å². The van der Waals surface area contributed by atoms with Gasteiger partial charge in [-0.25, -0.2) is 0 Å². The Morgan fingerprint density at radius 2 is 2.00 bits per heavy atom. The second kappa shape index (κ2) is 8.74. The van der Waals surface area contributed by atoms with Gasteiger partial charge in [-0.05, 0) is 52.6 Å². The zero-order valence-electron chi connectivity index (χ0n) is 14.6. The van der Waals surface area contributed by atoms with Gasteiger partial charge in [-0.3, -0.25) is 9.69 Å². The number of nitrogens with zero attached hydrogens (tertiary/aromatic N) is 1. The van der Waals surface area contributed by atoms with Gasteiger partial charge in [0.15, 0.2) is 0 Å². The Balaban J connectivity index is 2.72. The Kier molecular flexibility index (Phi) is 7.67. The highest BCUT2D eigenvalue weighted by Gasteiger charge is 2.37. The fourth-order valence-electron chi connectivity index (χ4n) is 3.73. The summed E-state index contributed by atoms with van der Waals surface area (Å²) in [7, 11) is 1.48. The Labute approximate surface area is 130 Å². The summed E-state index contributed by atoms with van der Waals surface area (Å²) in [6, 6.07) is 1.07. The lowest BCUT2D eigenvalue weighted by atomic mass is 9.91. The molecule has 1 rings (SSSR count). The molecule has 1 aliphatic carbocycles. The first-order valence-corrected chi connectivity index (χ1v) is 8.57. The van der Waals surface area contributed by atoms with E-state index in [0.717, 1.165) is 25.9 Å². The summed E-state index contributed by atoms with van der Waals surface area (Å²) in [6.07, 6.45) is 7.10. The van der Waals surface area contributed by atoms with E-state index in [0.29, 0.717) is 12.1 Å². The number of methoxy groups -OCH3 is 1. The minimum atomic E-state index is -0.587. The van der Waals surface area contributed by atoms with Crippen molar-refractivity contribution in [3.05, 3.63) is 0 Å². The molecule has 4 nitrogen and oxygen atoms in total. The Hall–Kier alpha value is -0.610. The largest absolute Gasteiger partial charge is 0.468 e. The molecule has 0 saturated heterocycles. The van der Waals surface area contributed by atoms with Crippen LogP contribution in [0.3, 0.4) is 0 Å². The predicted octanol–water partition coefficient (Wildman–Crippen LogP) is 2.96. The van der Waals surface area contributed by atoms with Crippen LogP contribution in [0.2, 0.25) is 0 Å². The van der Waals surface area contributed by atoms with Crippen molar-refractivity contribution in [1.29, 1.82) is 0 Å². The molecule has 0 aliphatic heterocycles. The van der Waals surface area contributed by atoms with Crippen LogP contribution >= 0.6 is 0 Å². The van der Waals surface area contributed by atoms with E-state index in [1.165, 1.54) is 32.8 Å². The van der Waals surface area contributed by atoms with Crippen LogP contribution in [0.15, 0.2) is 0 Å². The molecular formula is C17H34N2O2. The maximum Gasteiger partial charge on any atom is 0.325 e. The highest BCUT2D eigenvalue weighted by atomic mass is 16.5. The molecule has 0 bridgehead atoms. The summed E-state index contributed by atoms with van der Waals surface area (Å²) >= 11 is 0. The van der Waals surface area contributed by atoms with Crippen molar-refractivity contribution >= 4 is 5.97 Å². The molecule has 0 spiro atoms. The summed E-state index contributed by atoms with van der Waals surface area (Å²) in [5, 5.41) is 3.40. The lowest BCUT2D eigenvalue weighted by Gasteiger charge is -2.38. The number of carbonyl (C=O) groups excluding carboxylic acids is 1. The van der Waals surface area contributed by atoms with E-state index < -0.39 is 5.54 Å². The third kappa shape index (κ3) is 4.96. The van der Waals surface area contributed by atoms with Gasteiger partial charge in [0, 0.05) is 12.1 Å². The Morgan fingerprint density at radius 3 is 2.48 bits per heavy atom. The van der Waals surface area contributed by atoms with Crippen molar-refractivity contribution in [3.63, 3.8) is 0 Å². The second-order valence-electron chi connectivity index (χ2n) is 6.57. The van der Waals surface area contributed by atoms with Gasteiger partial charge in [0.05, 0.1) is 7.11 Å². The van der Waals surface area contributed by atoms with Gasteiger partial charge >= 0.3 is 5.97 Å². The first kappa shape index (κ1) is 18.4. The van der Waals surface area contributed by atoms with Crippen molar-refractivity contribution < 1.29 is 9.53 Å². The standard InChI is InChI=1S/C17H34N2O2/c1-6-12-18-17(4,16(20)21-5)13-14(3)19(7-2)15-10-8-9-11-15/h14-15,18H,6-13H2,1-5H3. The molecule has 0 aromatic heterocycles. The van der Waals surface area contributed by atoms with Crippen molar-refractivity contribution in [2.45, 2.75) is 83.8 Å². The molecule has 1 N–H and O–H groups in total. The molecule has 4 heteroatoms. The van der Waals surface area contributed by atoms with Crippen LogP contribution in [-0.2, 0) is 9.53 Å². The van der Waals surface area contributed by atoms with E-state index >= 15 is 0 Å². The molecule has 0 aromatic rings. The third-order valence-corrected chi connectivity index (χ3v) is 4.83. The van der Waals surface area contributed by atoms with Crippen molar-refractivity contribution in [3.8, 4) is 0 Å². The zero-order valence-corrected chi connectivity index (χ0v) is 14.6. The predicted molar refractivity (Wildman–Crippen MR) is 87.4 cm³/mol. The van der Waals surface area contributed by atoms with Gasteiger partial charge in [-0.1, -0.05) is 26.7 Å². The van der Waals surface area contributed by atoms with Crippen molar-refractivity contribution in [2.24, 2.45) is 0 Å². The molecule has 0 amide bonds. The summed E-state index contributed by atoms with van der Waals surface area (Å²) in [6.45, 7) is 10.5. The summed E-state index contributed by atoms with van der Waals surface area (Å²) in [5.74, 6) is -0.148. The maximum atomic E-state index is 12.2. The van der Waals surface area contributed by atoms with E-state index in [-0.39, 0.29) is 5.97 Å². The van der Waals surface area contributed by atoms with Crippen LogP contribution in [0.1, 0.15) is 66.2 Å². The lowest BCUT2D eigenvalue weighted by Crippen LogP contribution is -2.55. The maximum absolute atomic E-state index is 12.2. The number of hydrogen-bond donors (Lipinski definition) is 1. The average molecular weight is 298 g/mol. The van der Waals surface area contributed by atoms with E-state index in [1.54, 1.807) is 0 Å². The van der Waals surface area contributed by atoms with E-state index in [2.05, 4.69) is 31.0 Å². The fourth-order valence-corrected chi connectivity index (χ4v) is 3.73. The van der Waals surface area contributed by atoms with Gasteiger partial charge in [0.2, 0.25) is 0 Å². The lowest BCUT2D eigenvalue weighted by molar-refractivity contribution is -0.149. The van der Waals surface area contributed by atoms with Crippen LogP contribution in [0.25, 0.3) is 0 Å². The Bertz CT molecular complexity index is 316. The summed E-state index contributed by atoms with van der Waals surface area (Å²) in [4.78, 5) is 14.8. The molecule has 2 unspecified atom stereocenters. The number of esters is 1. The Morgan fingerprint density at radius 1 is 1.38 bits per heavy atom. The van der Waals surface area contributed by atoms with Crippen LogP contribution < -0.4 is 5.32 Å². The minimum Gasteiger partial charge on any atom is -0.468 e. The average Bonchev–Trinajstić information content (AvgIpc) is 2.98. The summed E-state index contributed by atoms with van der Waals surface area (Å²) < 4.78 is 5.03. The fraction of sp³-hybridized carbons (Fsp3) is 0.941. The molecule has 2 atom stereocenters. The second-order valence-corrected chi connectivity index (χ2v) is 6.57. The first-order valence-electron chi connectivity index (χ1n) is 8.57. The van der Waals surface area contributed by atoms with Crippen molar-refractivity contribution in [1.82, 2.24) is 10.2 Å².